The number of piperazine rings is 1. The van der Waals surface area contributed by atoms with Crippen molar-refractivity contribution in [1.82, 2.24) is 14.8 Å². The van der Waals surface area contributed by atoms with Gasteiger partial charge in [-0.05, 0) is 25.0 Å². The molecule has 2 amide bonds. The minimum atomic E-state index is -0.490. The van der Waals surface area contributed by atoms with Crippen LogP contribution in [0.25, 0.3) is 0 Å². The van der Waals surface area contributed by atoms with Gasteiger partial charge in [-0.25, -0.2) is 4.98 Å². The van der Waals surface area contributed by atoms with E-state index in [-0.39, 0.29) is 30.8 Å². The van der Waals surface area contributed by atoms with E-state index >= 15 is 0 Å². The second kappa shape index (κ2) is 7.92. The molecule has 2 aliphatic rings. The summed E-state index contributed by atoms with van der Waals surface area (Å²) in [6.07, 6.45) is 1.98. The Labute approximate surface area is 147 Å². The lowest BCUT2D eigenvalue weighted by molar-refractivity contribution is 0.0608. The van der Waals surface area contributed by atoms with Crippen molar-refractivity contribution in [3.05, 3.63) is 29.1 Å². The van der Waals surface area contributed by atoms with Crippen molar-refractivity contribution in [3.8, 4) is 0 Å². The summed E-state index contributed by atoms with van der Waals surface area (Å²) in [5.74, 6) is -0.339. The fraction of sp³-hybridized carbons (Fsp3) is 0.562. The number of β-amino-alcohol motifs (C(OH)–C–C–N with tert-alkyl or cyclic N) is 1. The normalized spacial score (nSPS) is 18.1. The number of hydrogen-bond donors (Lipinski definition) is 2. The number of aliphatic hydroxyl groups excluding tert-OH is 1. The standard InChI is InChI=1S/C16H22N4O3.ClH/c17-15(22)12-3-4-13(18-14(12)11-1-2-11)16(23)20-7-5-19(6-8-20)9-10-21;/h3-4,11,21H,1-2,5-10H2,(H2,17,22);1H. The molecule has 1 saturated heterocycles. The quantitative estimate of drug-likeness (QED) is 0.788. The van der Waals surface area contributed by atoms with Gasteiger partial charge >= 0.3 is 0 Å². The van der Waals surface area contributed by atoms with Gasteiger partial charge < -0.3 is 15.7 Å². The molecule has 8 heteroatoms. The highest BCUT2D eigenvalue weighted by Crippen LogP contribution is 2.40. The molecule has 2 fully saturated rings. The summed E-state index contributed by atoms with van der Waals surface area (Å²) in [6.45, 7) is 3.52. The van der Waals surface area contributed by atoms with Crippen LogP contribution in [0, 0.1) is 0 Å². The number of nitrogens with two attached hydrogens (primary N) is 1. The number of carbonyl (C=O) groups excluding carboxylic acids is 2. The molecule has 1 aliphatic heterocycles. The molecule has 24 heavy (non-hydrogen) atoms. The van der Waals surface area contributed by atoms with E-state index in [0.717, 1.165) is 25.9 Å². The van der Waals surface area contributed by atoms with Gasteiger partial charge in [-0.3, -0.25) is 14.5 Å². The molecular weight excluding hydrogens is 332 g/mol. The number of aromatic nitrogens is 1. The molecule has 1 saturated carbocycles. The van der Waals surface area contributed by atoms with E-state index in [1.165, 1.54) is 0 Å². The molecule has 0 radical (unpaired) electrons. The van der Waals surface area contributed by atoms with Crippen molar-refractivity contribution in [3.63, 3.8) is 0 Å². The molecule has 1 aromatic rings. The number of primary amides is 1. The van der Waals surface area contributed by atoms with Crippen molar-refractivity contribution in [2.24, 2.45) is 5.73 Å². The van der Waals surface area contributed by atoms with Gasteiger partial charge in [0.25, 0.3) is 11.8 Å². The molecule has 0 aromatic carbocycles. The number of nitrogens with zero attached hydrogens (tertiary/aromatic N) is 3. The summed E-state index contributed by atoms with van der Waals surface area (Å²) in [6, 6.07) is 3.21. The SMILES string of the molecule is Cl.NC(=O)c1ccc(C(=O)N2CCN(CCO)CC2)nc1C1CC1. The first-order valence-electron chi connectivity index (χ1n) is 8.03. The Morgan fingerprint density at radius 3 is 2.42 bits per heavy atom. The van der Waals surface area contributed by atoms with Gasteiger partial charge in [0, 0.05) is 38.6 Å². The predicted molar refractivity (Wildman–Crippen MR) is 91.4 cm³/mol. The van der Waals surface area contributed by atoms with Crippen LogP contribution in [0.5, 0.6) is 0 Å². The van der Waals surface area contributed by atoms with Crippen molar-refractivity contribution in [1.29, 1.82) is 0 Å². The Morgan fingerprint density at radius 2 is 1.88 bits per heavy atom. The van der Waals surface area contributed by atoms with Crippen molar-refractivity contribution in [2.75, 3.05) is 39.3 Å². The van der Waals surface area contributed by atoms with Gasteiger partial charge in [0.15, 0.2) is 0 Å². The van der Waals surface area contributed by atoms with Gasteiger partial charge in [0.05, 0.1) is 17.9 Å². The van der Waals surface area contributed by atoms with Crippen LogP contribution in [-0.4, -0.2) is 71.0 Å². The Kier molecular flexibility index (Phi) is 6.15. The van der Waals surface area contributed by atoms with Gasteiger partial charge in [0.1, 0.15) is 5.69 Å². The highest BCUT2D eigenvalue weighted by Gasteiger charge is 2.31. The summed E-state index contributed by atoms with van der Waals surface area (Å²) in [4.78, 5) is 32.5. The molecule has 0 spiro atoms. The zero-order valence-corrected chi connectivity index (χ0v) is 14.3. The number of pyridine rings is 1. The average molecular weight is 355 g/mol. The zero-order valence-electron chi connectivity index (χ0n) is 13.5. The Balaban J connectivity index is 0.00000208. The number of carbonyl (C=O) groups is 2. The van der Waals surface area contributed by atoms with Crippen molar-refractivity contribution >= 4 is 24.2 Å². The highest BCUT2D eigenvalue weighted by molar-refractivity contribution is 5.96. The number of aliphatic hydroxyl groups is 1. The third-order valence-electron chi connectivity index (χ3n) is 4.45. The monoisotopic (exact) mass is 354 g/mol. The number of rotatable bonds is 5. The lowest BCUT2D eigenvalue weighted by Gasteiger charge is -2.34. The molecule has 7 nitrogen and oxygen atoms in total. The molecule has 1 aromatic heterocycles. The smallest absolute Gasteiger partial charge is 0.272 e. The van der Waals surface area contributed by atoms with E-state index in [2.05, 4.69) is 9.88 Å². The largest absolute Gasteiger partial charge is 0.395 e. The summed E-state index contributed by atoms with van der Waals surface area (Å²) < 4.78 is 0. The maximum Gasteiger partial charge on any atom is 0.272 e. The van der Waals surface area contributed by atoms with E-state index in [4.69, 9.17) is 10.8 Å². The summed E-state index contributed by atoms with van der Waals surface area (Å²) in [7, 11) is 0. The van der Waals surface area contributed by atoms with Crippen LogP contribution >= 0.6 is 12.4 Å². The zero-order chi connectivity index (χ0) is 16.4. The topological polar surface area (TPSA) is 99.8 Å². The average Bonchev–Trinajstić information content (AvgIpc) is 3.39. The molecule has 0 atom stereocenters. The van der Waals surface area contributed by atoms with Crippen LogP contribution in [-0.2, 0) is 0 Å². The lowest BCUT2D eigenvalue weighted by Crippen LogP contribution is -2.49. The molecule has 2 heterocycles. The Bertz CT molecular complexity index is 613. The summed E-state index contributed by atoms with van der Waals surface area (Å²) in [5, 5.41) is 8.96. The van der Waals surface area contributed by atoms with Crippen LogP contribution in [0.1, 0.15) is 45.3 Å². The molecule has 1 aliphatic carbocycles. The van der Waals surface area contributed by atoms with Crippen molar-refractivity contribution < 1.29 is 14.7 Å². The van der Waals surface area contributed by atoms with E-state index in [0.29, 0.717) is 36.6 Å². The Morgan fingerprint density at radius 1 is 1.21 bits per heavy atom. The Hall–Kier alpha value is -1.70. The van der Waals surface area contributed by atoms with Gasteiger partial charge in [-0.15, -0.1) is 12.4 Å². The molecule has 0 unspecified atom stereocenters. The summed E-state index contributed by atoms with van der Waals surface area (Å²) >= 11 is 0. The molecule has 132 valence electrons. The van der Waals surface area contributed by atoms with Crippen LogP contribution in [0.3, 0.4) is 0 Å². The van der Waals surface area contributed by atoms with Crippen LogP contribution in [0.4, 0.5) is 0 Å². The van der Waals surface area contributed by atoms with Crippen LogP contribution in [0.2, 0.25) is 0 Å². The lowest BCUT2D eigenvalue weighted by atomic mass is 10.1. The van der Waals surface area contributed by atoms with E-state index in [1.54, 1.807) is 17.0 Å². The number of hydrogen-bond acceptors (Lipinski definition) is 5. The van der Waals surface area contributed by atoms with Crippen LogP contribution in [0.15, 0.2) is 12.1 Å². The number of amides is 2. The molecular formula is C16H23ClN4O3. The molecule has 3 rings (SSSR count). The minimum absolute atomic E-state index is 0. The maximum absolute atomic E-state index is 12.6. The van der Waals surface area contributed by atoms with Gasteiger partial charge in [0.2, 0.25) is 0 Å². The fourth-order valence-electron chi connectivity index (χ4n) is 2.95. The van der Waals surface area contributed by atoms with Gasteiger partial charge in [-0.1, -0.05) is 0 Å². The van der Waals surface area contributed by atoms with Crippen molar-refractivity contribution in [2.45, 2.75) is 18.8 Å². The van der Waals surface area contributed by atoms with E-state index < -0.39 is 5.91 Å². The maximum atomic E-state index is 12.6. The van der Waals surface area contributed by atoms with E-state index in [9.17, 15) is 9.59 Å². The first-order chi connectivity index (χ1) is 11.1. The fourth-order valence-corrected chi connectivity index (χ4v) is 2.95. The third-order valence-corrected chi connectivity index (χ3v) is 4.45. The number of halogens is 1. The first kappa shape index (κ1) is 18.6. The molecule has 3 N–H and O–H groups in total. The highest BCUT2D eigenvalue weighted by atomic mass is 35.5. The molecule has 0 bridgehead atoms. The second-order valence-corrected chi connectivity index (χ2v) is 6.13. The predicted octanol–water partition coefficient (Wildman–Crippen LogP) is 0.230. The third kappa shape index (κ3) is 4.03. The second-order valence-electron chi connectivity index (χ2n) is 6.13. The summed E-state index contributed by atoms with van der Waals surface area (Å²) in [5.41, 5.74) is 6.87. The first-order valence-corrected chi connectivity index (χ1v) is 8.03. The van der Waals surface area contributed by atoms with Gasteiger partial charge in [-0.2, -0.15) is 0 Å². The van der Waals surface area contributed by atoms with E-state index in [1.807, 2.05) is 0 Å². The van der Waals surface area contributed by atoms with Crippen LogP contribution < -0.4 is 5.73 Å². The minimum Gasteiger partial charge on any atom is -0.395 e.